The first-order chi connectivity index (χ1) is 6.84. The predicted molar refractivity (Wildman–Crippen MR) is 60.9 cm³/mol. The Kier molecular flexibility index (Phi) is 1.73. The van der Waals surface area contributed by atoms with Gasteiger partial charge >= 0.3 is 87.9 Å². The zero-order chi connectivity index (χ0) is 9.54. The molecule has 1 nitrogen and oxygen atoms in total. The van der Waals surface area contributed by atoms with Crippen LogP contribution in [0.4, 0.5) is 0 Å². The van der Waals surface area contributed by atoms with Crippen LogP contribution < -0.4 is 0 Å². The first kappa shape index (κ1) is 8.22. The van der Waals surface area contributed by atoms with Crippen LogP contribution in [0.3, 0.4) is 0 Å². The maximum absolute atomic E-state index is 4.62. The van der Waals surface area contributed by atoms with Crippen molar-refractivity contribution in [2.24, 2.45) is 0 Å². The van der Waals surface area contributed by atoms with Gasteiger partial charge in [-0.25, -0.2) is 0 Å². The van der Waals surface area contributed by atoms with Gasteiger partial charge in [0.25, 0.3) is 0 Å². The summed E-state index contributed by atoms with van der Waals surface area (Å²) in [5.74, 6) is 0. The summed E-state index contributed by atoms with van der Waals surface area (Å²) in [5.41, 5.74) is 1.21. The molecule has 0 aliphatic rings. The van der Waals surface area contributed by atoms with Gasteiger partial charge in [-0.1, -0.05) is 0 Å². The molecule has 0 radical (unpaired) electrons. The Hall–Kier alpha value is -1.11. The van der Waals surface area contributed by atoms with Gasteiger partial charge in [0.15, 0.2) is 0 Å². The van der Waals surface area contributed by atoms with Gasteiger partial charge in [-0.2, -0.15) is 0 Å². The van der Waals surface area contributed by atoms with Crippen LogP contribution in [0, 0.1) is 6.92 Å². The fourth-order valence-electron chi connectivity index (χ4n) is 1.77. The number of aryl methyl sites for hydroxylation is 1. The van der Waals surface area contributed by atoms with E-state index < -0.39 is 0 Å². The van der Waals surface area contributed by atoms with Crippen molar-refractivity contribution in [1.82, 2.24) is 4.98 Å². The Morgan fingerprint density at radius 1 is 1.07 bits per heavy atom. The molecule has 0 atom stereocenters. The summed E-state index contributed by atoms with van der Waals surface area (Å²) in [4.78, 5) is 4.62. The van der Waals surface area contributed by atoms with E-state index >= 15 is 0 Å². The van der Waals surface area contributed by atoms with Gasteiger partial charge < -0.3 is 0 Å². The van der Waals surface area contributed by atoms with Crippen LogP contribution in [-0.2, 0) is 0 Å². The van der Waals surface area contributed by atoms with Crippen molar-refractivity contribution in [3.05, 3.63) is 41.0 Å². The van der Waals surface area contributed by atoms with E-state index in [4.69, 9.17) is 0 Å². The van der Waals surface area contributed by atoms with Crippen molar-refractivity contribution in [2.45, 2.75) is 6.92 Å². The fraction of sp³-hybridized carbons (Fsp3) is 0.0833. The van der Waals surface area contributed by atoms with Gasteiger partial charge in [-0.3, -0.25) is 0 Å². The van der Waals surface area contributed by atoms with Crippen LogP contribution in [-0.4, -0.2) is 19.5 Å². The first-order valence-corrected chi connectivity index (χ1v) is 6.31. The predicted octanol–water partition coefficient (Wildman–Crippen LogP) is 2.75. The molecule has 1 heterocycles. The monoisotopic (exact) mass is 247 g/mol. The van der Waals surface area contributed by atoms with Crippen molar-refractivity contribution < 1.29 is 0 Å². The molecule has 0 amide bonds. The third kappa shape index (κ3) is 1.12. The van der Waals surface area contributed by atoms with Crippen LogP contribution in [0.5, 0.6) is 0 Å². The summed E-state index contributed by atoms with van der Waals surface area (Å²) in [6, 6.07) is 12.9. The average Bonchev–Trinajstić information content (AvgIpc) is 2.59. The summed E-state index contributed by atoms with van der Waals surface area (Å²) in [7, 11) is 0. The molecule has 1 aromatic heterocycles. The van der Waals surface area contributed by atoms with Gasteiger partial charge in [0.2, 0.25) is 0 Å². The molecule has 2 aromatic carbocycles. The van der Waals surface area contributed by atoms with Gasteiger partial charge in [-0.15, -0.1) is 0 Å². The molecule has 0 aliphatic carbocycles. The summed E-state index contributed by atoms with van der Waals surface area (Å²) < 4.78 is 2.71. The Balaban J connectivity index is 2.60. The molecule has 0 saturated heterocycles. The molecule has 0 N–H and O–H groups in total. The SMILES string of the molecule is Cc1nc2c(ccc3ccccc32)[se]1. The van der Waals surface area contributed by atoms with E-state index in [1.807, 2.05) is 0 Å². The standard InChI is InChI=1S/C12H9NSe/c1-8-13-12-10-5-3-2-4-9(10)6-7-11(12)14-8/h2-7H,1H3. The Morgan fingerprint density at radius 2 is 1.93 bits per heavy atom. The van der Waals surface area contributed by atoms with Crippen molar-refractivity contribution in [1.29, 1.82) is 0 Å². The number of hydrogen-bond donors (Lipinski definition) is 0. The second kappa shape index (κ2) is 2.94. The molecule has 3 aromatic rings. The topological polar surface area (TPSA) is 12.9 Å². The van der Waals surface area contributed by atoms with Gasteiger partial charge in [0, 0.05) is 0 Å². The number of fused-ring (bicyclic) bond motifs is 3. The van der Waals surface area contributed by atoms with Gasteiger partial charge in [0.05, 0.1) is 0 Å². The zero-order valence-corrected chi connectivity index (χ0v) is 9.53. The van der Waals surface area contributed by atoms with Crippen LogP contribution in [0.2, 0.25) is 0 Å². The minimum absolute atomic E-state index is 0.458. The molecule has 14 heavy (non-hydrogen) atoms. The third-order valence-corrected chi connectivity index (χ3v) is 4.35. The van der Waals surface area contributed by atoms with Crippen LogP contribution >= 0.6 is 0 Å². The number of nitrogens with zero attached hydrogens (tertiary/aromatic N) is 1. The van der Waals surface area contributed by atoms with Crippen molar-refractivity contribution >= 4 is 35.1 Å². The number of hydrogen-bond acceptors (Lipinski definition) is 1. The summed E-state index contributed by atoms with van der Waals surface area (Å²) in [5, 5.41) is 2.59. The summed E-state index contributed by atoms with van der Waals surface area (Å²) in [6.45, 7) is 2.12. The molecular weight excluding hydrogens is 237 g/mol. The number of rotatable bonds is 0. The van der Waals surface area contributed by atoms with Crippen molar-refractivity contribution in [3.63, 3.8) is 0 Å². The molecule has 0 bridgehead atoms. The van der Waals surface area contributed by atoms with Gasteiger partial charge in [0.1, 0.15) is 0 Å². The molecule has 68 valence electrons. The Labute approximate surface area is 88.1 Å². The molecule has 0 saturated carbocycles. The van der Waals surface area contributed by atoms with E-state index in [0.29, 0.717) is 14.5 Å². The van der Waals surface area contributed by atoms with E-state index in [9.17, 15) is 0 Å². The maximum atomic E-state index is 4.62. The third-order valence-electron chi connectivity index (χ3n) is 2.39. The zero-order valence-electron chi connectivity index (χ0n) is 7.82. The van der Waals surface area contributed by atoms with Crippen LogP contribution in [0.25, 0.3) is 20.5 Å². The van der Waals surface area contributed by atoms with E-state index in [2.05, 4.69) is 48.3 Å². The number of benzene rings is 2. The molecule has 0 unspecified atom stereocenters. The molecule has 0 spiro atoms. The average molecular weight is 246 g/mol. The Bertz CT molecular complexity index is 610. The van der Waals surface area contributed by atoms with E-state index in [1.165, 1.54) is 25.1 Å². The molecule has 0 fully saturated rings. The quantitative estimate of drug-likeness (QED) is 0.556. The van der Waals surface area contributed by atoms with Crippen molar-refractivity contribution in [3.8, 4) is 0 Å². The molecule has 2 heteroatoms. The number of aromatic nitrogens is 1. The van der Waals surface area contributed by atoms with E-state index in [0.717, 1.165) is 0 Å². The van der Waals surface area contributed by atoms with Crippen LogP contribution in [0.1, 0.15) is 4.57 Å². The van der Waals surface area contributed by atoms with Crippen molar-refractivity contribution in [2.75, 3.05) is 0 Å². The Morgan fingerprint density at radius 3 is 2.86 bits per heavy atom. The molecular formula is C12H9NSe. The molecule has 3 rings (SSSR count). The van der Waals surface area contributed by atoms with Gasteiger partial charge in [-0.05, 0) is 0 Å². The van der Waals surface area contributed by atoms with E-state index in [-0.39, 0.29) is 0 Å². The first-order valence-electron chi connectivity index (χ1n) is 4.59. The minimum atomic E-state index is 0.458. The summed E-state index contributed by atoms with van der Waals surface area (Å²) >= 11 is 0.458. The second-order valence-corrected chi connectivity index (χ2v) is 5.96. The van der Waals surface area contributed by atoms with Crippen LogP contribution in [0.15, 0.2) is 36.4 Å². The fourth-order valence-corrected chi connectivity index (χ4v) is 3.54. The normalized spacial score (nSPS) is 11.2. The molecule has 0 aliphatic heterocycles. The second-order valence-electron chi connectivity index (χ2n) is 3.37. The summed E-state index contributed by atoms with van der Waals surface area (Å²) in [6.07, 6.45) is 0. The van der Waals surface area contributed by atoms with E-state index in [1.54, 1.807) is 0 Å².